The molecule has 4 rings (SSSR count). The number of benzene rings is 2. The SMILES string of the molecule is COc1ccccc1N1CCN(CC2(Cc3ccccc3)C(=O)N(C)C(=O)N(C)C2=O)CC1. The summed E-state index contributed by atoms with van der Waals surface area (Å²) in [7, 11) is 4.57. The fourth-order valence-corrected chi connectivity index (χ4v) is 4.84. The number of hydrogen-bond donors (Lipinski definition) is 0. The summed E-state index contributed by atoms with van der Waals surface area (Å²) >= 11 is 0. The average molecular weight is 451 g/mol. The van der Waals surface area contributed by atoms with Gasteiger partial charge in [-0.1, -0.05) is 42.5 Å². The molecular formula is C25H30N4O4. The number of piperazine rings is 1. The van der Waals surface area contributed by atoms with E-state index in [4.69, 9.17) is 4.74 Å². The fourth-order valence-electron chi connectivity index (χ4n) is 4.84. The Kier molecular flexibility index (Phi) is 6.37. The van der Waals surface area contributed by atoms with Crippen molar-refractivity contribution in [3.05, 3.63) is 60.2 Å². The molecule has 0 unspecified atom stereocenters. The monoisotopic (exact) mass is 450 g/mol. The van der Waals surface area contributed by atoms with E-state index < -0.39 is 23.3 Å². The summed E-state index contributed by atoms with van der Waals surface area (Å²) in [5.41, 5.74) is 0.585. The summed E-state index contributed by atoms with van der Waals surface area (Å²) in [5, 5.41) is 0. The van der Waals surface area contributed by atoms with Gasteiger partial charge in [0.1, 0.15) is 11.2 Å². The number of carbonyl (C=O) groups excluding carboxylic acids is 3. The van der Waals surface area contributed by atoms with Crippen LogP contribution in [0.1, 0.15) is 5.56 Å². The number of urea groups is 1. The normalized spacial score (nSPS) is 19.2. The lowest BCUT2D eigenvalue weighted by atomic mass is 9.76. The third-order valence-corrected chi connectivity index (χ3v) is 6.64. The number of para-hydroxylation sites is 2. The Morgan fingerprint density at radius 2 is 1.39 bits per heavy atom. The highest BCUT2D eigenvalue weighted by atomic mass is 16.5. The standard InChI is InChI=1S/C25H30N4O4/c1-26-22(30)25(23(31)27(2)24(26)32,17-19-9-5-4-6-10-19)18-28-13-15-29(16-14-28)20-11-7-8-12-21(20)33-3/h4-12H,13-18H2,1-3H3. The molecule has 8 heteroatoms. The lowest BCUT2D eigenvalue weighted by Gasteiger charge is -2.45. The van der Waals surface area contributed by atoms with Crippen molar-refractivity contribution in [1.29, 1.82) is 0 Å². The van der Waals surface area contributed by atoms with Gasteiger partial charge in [0.05, 0.1) is 12.8 Å². The van der Waals surface area contributed by atoms with E-state index in [-0.39, 0.29) is 13.0 Å². The van der Waals surface area contributed by atoms with E-state index in [9.17, 15) is 14.4 Å². The molecule has 2 saturated heterocycles. The molecule has 2 fully saturated rings. The van der Waals surface area contributed by atoms with Crippen LogP contribution in [0.2, 0.25) is 0 Å². The molecule has 2 aromatic carbocycles. The number of rotatable bonds is 6. The number of amides is 4. The van der Waals surface area contributed by atoms with Crippen molar-refractivity contribution in [1.82, 2.24) is 14.7 Å². The molecule has 0 aromatic heterocycles. The molecule has 2 aromatic rings. The van der Waals surface area contributed by atoms with Crippen LogP contribution >= 0.6 is 0 Å². The average Bonchev–Trinajstić information content (AvgIpc) is 2.86. The minimum Gasteiger partial charge on any atom is -0.495 e. The molecule has 0 aliphatic carbocycles. The second kappa shape index (κ2) is 9.23. The molecule has 2 heterocycles. The van der Waals surface area contributed by atoms with Gasteiger partial charge in [0.25, 0.3) is 0 Å². The molecule has 33 heavy (non-hydrogen) atoms. The van der Waals surface area contributed by atoms with E-state index in [1.807, 2.05) is 54.6 Å². The molecule has 0 atom stereocenters. The van der Waals surface area contributed by atoms with Gasteiger partial charge >= 0.3 is 6.03 Å². The lowest BCUT2D eigenvalue weighted by Crippen LogP contribution is -2.67. The van der Waals surface area contributed by atoms with Crippen LogP contribution in [-0.2, 0) is 16.0 Å². The summed E-state index contributed by atoms with van der Waals surface area (Å²) in [5.74, 6) is -0.0517. The largest absolute Gasteiger partial charge is 0.495 e. The Balaban J connectivity index is 1.57. The summed E-state index contributed by atoms with van der Waals surface area (Å²) < 4.78 is 5.50. The van der Waals surface area contributed by atoms with Gasteiger partial charge < -0.3 is 9.64 Å². The first-order valence-corrected chi connectivity index (χ1v) is 11.1. The first kappa shape index (κ1) is 22.8. The fraction of sp³-hybridized carbons (Fsp3) is 0.400. The number of hydrogen-bond acceptors (Lipinski definition) is 6. The van der Waals surface area contributed by atoms with Crippen molar-refractivity contribution in [2.24, 2.45) is 5.41 Å². The predicted octanol–water partition coefficient (Wildman–Crippen LogP) is 2.10. The van der Waals surface area contributed by atoms with Gasteiger partial charge in [-0.05, 0) is 24.1 Å². The quantitative estimate of drug-likeness (QED) is 0.628. The van der Waals surface area contributed by atoms with Crippen molar-refractivity contribution in [2.75, 3.05) is 58.8 Å². The molecule has 4 amide bonds. The lowest BCUT2D eigenvalue weighted by molar-refractivity contribution is -0.158. The highest BCUT2D eigenvalue weighted by molar-refractivity contribution is 6.19. The van der Waals surface area contributed by atoms with E-state index in [1.165, 1.54) is 14.1 Å². The van der Waals surface area contributed by atoms with E-state index in [1.54, 1.807) is 7.11 Å². The van der Waals surface area contributed by atoms with Gasteiger partial charge in [0.2, 0.25) is 11.8 Å². The molecule has 0 radical (unpaired) electrons. The zero-order chi connectivity index (χ0) is 23.6. The third-order valence-electron chi connectivity index (χ3n) is 6.64. The molecular weight excluding hydrogens is 420 g/mol. The van der Waals surface area contributed by atoms with Gasteiger partial charge in [-0.2, -0.15) is 0 Å². The summed E-state index contributed by atoms with van der Waals surface area (Å²) in [6.07, 6.45) is 0.250. The number of ether oxygens (including phenoxy) is 1. The number of carbonyl (C=O) groups is 3. The Morgan fingerprint density at radius 1 is 0.818 bits per heavy atom. The second-order valence-corrected chi connectivity index (χ2v) is 8.69. The van der Waals surface area contributed by atoms with Gasteiger partial charge in [-0.3, -0.25) is 24.3 Å². The first-order chi connectivity index (χ1) is 15.9. The molecule has 2 aliphatic rings. The maximum Gasteiger partial charge on any atom is 0.332 e. The second-order valence-electron chi connectivity index (χ2n) is 8.69. The summed E-state index contributed by atoms with van der Waals surface area (Å²) in [6.45, 7) is 3.14. The van der Waals surface area contributed by atoms with Gasteiger partial charge in [-0.15, -0.1) is 0 Å². The van der Waals surface area contributed by atoms with Crippen molar-refractivity contribution >= 4 is 23.5 Å². The Labute approximate surface area is 194 Å². The van der Waals surface area contributed by atoms with Gasteiger partial charge in [0, 0.05) is 46.8 Å². The molecule has 8 nitrogen and oxygen atoms in total. The number of anilines is 1. The Hall–Kier alpha value is -3.39. The highest BCUT2D eigenvalue weighted by Crippen LogP contribution is 2.35. The van der Waals surface area contributed by atoms with E-state index >= 15 is 0 Å². The zero-order valence-corrected chi connectivity index (χ0v) is 19.4. The molecule has 0 bridgehead atoms. The Morgan fingerprint density at radius 3 is 2.00 bits per heavy atom. The summed E-state index contributed by atoms with van der Waals surface area (Å²) in [6, 6.07) is 16.8. The van der Waals surface area contributed by atoms with Crippen LogP contribution in [0.25, 0.3) is 0 Å². The van der Waals surface area contributed by atoms with Crippen LogP contribution in [-0.4, -0.2) is 86.5 Å². The van der Waals surface area contributed by atoms with Gasteiger partial charge in [-0.25, -0.2) is 4.79 Å². The third kappa shape index (κ3) is 4.18. The molecule has 2 aliphatic heterocycles. The van der Waals surface area contributed by atoms with Crippen molar-refractivity contribution < 1.29 is 19.1 Å². The first-order valence-electron chi connectivity index (χ1n) is 11.1. The smallest absolute Gasteiger partial charge is 0.332 e. The van der Waals surface area contributed by atoms with Gasteiger partial charge in [0.15, 0.2) is 0 Å². The molecule has 0 spiro atoms. The van der Waals surface area contributed by atoms with Crippen LogP contribution < -0.4 is 9.64 Å². The minimum atomic E-state index is -1.34. The van der Waals surface area contributed by atoms with Crippen LogP contribution in [0.3, 0.4) is 0 Å². The zero-order valence-electron chi connectivity index (χ0n) is 19.4. The summed E-state index contributed by atoms with van der Waals surface area (Å²) in [4.78, 5) is 45.9. The van der Waals surface area contributed by atoms with Crippen LogP contribution in [0.5, 0.6) is 5.75 Å². The van der Waals surface area contributed by atoms with Crippen molar-refractivity contribution in [3.63, 3.8) is 0 Å². The number of methoxy groups -OCH3 is 1. The topological polar surface area (TPSA) is 73.4 Å². The molecule has 174 valence electrons. The minimum absolute atomic E-state index is 0.250. The number of barbiturate groups is 1. The predicted molar refractivity (Wildman–Crippen MR) is 125 cm³/mol. The maximum absolute atomic E-state index is 13.5. The van der Waals surface area contributed by atoms with Crippen molar-refractivity contribution in [3.8, 4) is 5.75 Å². The molecule has 0 saturated carbocycles. The highest BCUT2D eigenvalue weighted by Gasteiger charge is 2.56. The van der Waals surface area contributed by atoms with Crippen LogP contribution in [0, 0.1) is 5.41 Å². The van der Waals surface area contributed by atoms with E-state index in [2.05, 4.69) is 9.80 Å². The van der Waals surface area contributed by atoms with Crippen LogP contribution in [0.4, 0.5) is 10.5 Å². The van der Waals surface area contributed by atoms with Crippen LogP contribution in [0.15, 0.2) is 54.6 Å². The Bertz CT molecular complexity index is 1010. The van der Waals surface area contributed by atoms with E-state index in [0.717, 1.165) is 39.9 Å². The number of imide groups is 2. The maximum atomic E-state index is 13.5. The van der Waals surface area contributed by atoms with E-state index in [0.29, 0.717) is 13.1 Å². The molecule has 0 N–H and O–H groups in total. The number of nitrogens with zero attached hydrogens (tertiary/aromatic N) is 4. The van der Waals surface area contributed by atoms with Crippen molar-refractivity contribution in [2.45, 2.75) is 6.42 Å².